The Kier molecular flexibility index (Phi) is 6.06. The second kappa shape index (κ2) is 8.58. The first-order chi connectivity index (χ1) is 15.8. The standard InChI is InChI=1S/C25H29ClN4O4/c1-24(2,3)33-22(31)29-12-11-16-18(14-29)27-21(26)28-20(16)17-13-30(23(32)34-25(4,5)6)19-10-8-7-9-15(17)19/h7-10,13H,11-12,14H2,1-6H3. The molecular weight excluding hydrogens is 456 g/mol. The molecule has 0 bridgehead atoms. The highest BCUT2D eigenvalue weighted by atomic mass is 35.5. The molecular formula is C25H29ClN4O4. The topological polar surface area (TPSA) is 86.5 Å². The zero-order valence-corrected chi connectivity index (χ0v) is 21.1. The van der Waals surface area contributed by atoms with Crippen LogP contribution in [0, 0.1) is 0 Å². The van der Waals surface area contributed by atoms with Crippen LogP contribution in [0.4, 0.5) is 9.59 Å². The summed E-state index contributed by atoms with van der Waals surface area (Å²) in [5, 5.41) is 0.925. The van der Waals surface area contributed by atoms with Gasteiger partial charge in [-0.25, -0.2) is 19.6 Å². The zero-order valence-electron chi connectivity index (χ0n) is 20.3. The lowest BCUT2D eigenvalue weighted by Crippen LogP contribution is -2.40. The van der Waals surface area contributed by atoms with Crippen LogP contribution in [0.3, 0.4) is 0 Å². The molecule has 0 saturated heterocycles. The van der Waals surface area contributed by atoms with E-state index in [9.17, 15) is 9.59 Å². The molecule has 0 atom stereocenters. The van der Waals surface area contributed by atoms with Gasteiger partial charge in [0.05, 0.1) is 23.4 Å². The zero-order chi connectivity index (χ0) is 24.8. The van der Waals surface area contributed by atoms with Crippen LogP contribution < -0.4 is 0 Å². The van der Waals surface area contributed by atoms with Gasteiger partial charge in [-0.2, -0.15) is 0 Å². The molecule has 34 heavy (non-hydrogen) atoms. The maximum absolute atomic E-state index is 12.9. The first kappa shape index (κ1) is 24.0. The van der Waals surface area contributed by atoms with Gasteiger partial charge in [-0.3, -0.25) is 4.57 Å². The highest BCUT2D eigenvalue weighted by Gasteiger charge is 2.30. The molecule has 0 aliphatic carbocycles. The van der Waals surface area contributed by atoms with Gasteiger partial charge in [0.15, 0.2) is 0 Å². The van der Waals surface area contributed by atoms with Gasteiger partial charge in [-0.05, 0) is 65.6 Å². The number of rotatable bonds is 1. The number of nitrogens with zero attached hydrogens (tertiary/aromatic N) is 4. The van der Waals surface area contributed by atoms with Gasteiger partial charge in [-0.1, -0.05) is 18.2 Å². The molecule has 2 aromatic heterocycles. The maximum atomic E-state index is 12.9. The lowest BCUT2D eigenvalue weighted by molar-refractivity contribution is 0.0220. The largest absolute Gasteiger partial charge is 0.444 e. The van der Waals surface area contributed by atoms with E-state index in [2.05, 4.69) is 9.97 Å². The number of carbonyl (C=O) groups excluding carboxylic acids is 2. The number of benzene rings is 1. The Hall–Kier alpha value is -3.13. The number of halogens is 1. The summed E-state index contributed by atoms with van der Waals surface area (Å²) in [6.07, 6.45) is 1.40. The van der Waals surface area contributed by atoms with Crippen molar-refractivity contribution in [3.63, 3.8) is 0 Å². The summed E-state index contributed by atoms with van der Waals surface area (Å²) >= 11 is 6.32. The molecule has 0 saturated carbocycles. The minimum Gasteiger partial charge on any atom is -0.444 e. The molecule has 0 spiro atoms. The predicted octanol–water partition coefficient (Wildman–Crippen LogP) is 5.83. The first-order valence-corrected chi connectivity index (χ1v) is 11.6. The van der Waals surface area contributed by atoms with Crippen molar-refractivity contribution in [2.75, 3.05) is 6.54 Å². The first-order valence-electron chi connectivity index (χ1n) is 11.2. The van der Waals surface area contributed by atoms with Gasteiger partial charge < -0.3 is 14.4 Å². The molecule has 1 aliphatic heterocycles. The molecule has 9 heteroatoms. The SMILES string of the molecule is CC(C)(C)OC(=O)N1CCc2c(nc(Cl)nc2-c2cn(C(=O)OC(C)(C)C)c3ccccc23)C1. The number of hydrogen-bond acceptors (Lipinski definition) is 6. The molecule has 0 radical (unpaired) electrons. The van der Waals surface area contributed by atoms with Crippen molar-refractivity contribution in [1.29, 1.82) is 0 Å². The number of amides is 1. The molecule has 1 aliphatic rings. The average Bonchev–Trinajstić information content (AvgIpc) is 3.10. The second-order valence-electron chi connectivity index (χ2n) is 10.3. The monoisotopic (exact) mass is 484 g/mol. The molecule has 0 unspecified atom stereocenters. The highest BCUT2D eigenvalue weighted by molar-refractivity contribution is 6.28. The van der Waals surface area contributed by atoms with Crippen molar-refractivity contribution in [1.82, 2.24) is 19.4 Å². The molecule has 3 heterocycles. The number of hydrogen-bond donors (Lipinski definition) is 0. The van der Waals surface area contributed by atoms with E-state index < -0.39 is 23.4 Å². The summed E-state index contributed by atoms with van der Waals surface area (Å²) in [5.41, 5.74) is 2.46. The van der Waals surface area contributed by atoms with Gasteiger partial charge in [0, 0.05) is 29.3 Å². The Bertz CT molecular complexity index is 1270. The summed E-state index contributed by atoms with van der Waals surface area (Å²) in [6, 6.07) is 7.57. The maximum Gasteiger partial charge on any atom is 0.419 e. The van der Waals surface area contributed by atoms with Crippen LogP contribution in [0.15, 0.2) is 30.5 Å². The van der Waals surface area contributed by atoms with Crippen molar-refractivity contribution >= 4 is 34.7 Å². The van der Waals surface area contributed by atoms with E-state index in [0.717, 1.165) is 16.5 Å². The van der Waals surface area contributed by atoms with E-state index >= 15 is 0 Å². The van der Waals surface area contributed by atoms with E-state index in [1.165, 1.54) is 4.57 Å². The Morgan fingerprint density at radius 3 is 2.29 bits per heavy atom. The molecule has 0 N–H and O–H groups in total. The van der Waals surface area contributed by atoms with E-state index in [1.54, 1.807) is 11.1 Å². The van der Waals surface area contributed by atoms with Gasteiger partial charge in [-0.15, -0.1) is 0 Å². The van der Waals surface area contributed by atoms with Crippen LogP contribution >= 0.6 is 11.6 Å². The van der Waals surface area contributed by atoms with Crippen LogP contribution in [0.2, 0.25) is 5.28 Å². The van der Waals surface area contributed by atoms with E-state index in [1.807, 2.05) is 65.8 Å². The van der Waals surface area contributed by atoms with Crippen LogP contribution in [0.5, 0.6) is 0 Å². The van der Waals surface area contributed by atoms with E-state index in [-0.39, 0.29) is 11.8 Å². The Balaban J connectivity index is 1.77. The second-order valence-corrected chi connectivity index (χ2v) is 10.7. The number of carbonyl (C=O) groups is 2. The molecule has 0 fully saturated rings. The minimum atomic E-state index is -0.634. The lowest BCUT2D eigenvalue weighted by Gasteiger charge is -2.31. The molecule has 3 aromatic rings. The Morgan fingerprint density at radius 1 is 0.971 bits per heavy atom. The average molecular weight is 485 g/mol. The molecule has 4 rings (SSSR count). The van der Waals surface area contributed by atoms with Crippen molar-refractivity contribution < 1.29 is 19.1 Å². The summed E-state index contributed by atoms with van der Waals surface area (Å²) < 4.78 is 12.6. The van der Waals surface area contributed by atoms with Crippen molar-refractivity contribution in [2.45, 2.75) is 65.7 Å². The summed E-state index contributed by atoms with van der Waals surface area (Å²) in [5.74, 6) is 0. The number of ether oxygens (including phenoxy) is 2. The van der Waals surface area contributed by atoms with Crippen molar-refractivity contribution in [3.8, 4) is 11.3 Å². The lowest BCUT2D eigenvalue weighted by atomic mass is 9.98. The van der Waals surface area contributed by atoms with Crippen LogP contribution in [-0.2, 0) is 22.4 Å². The normalized spacial score (nSPS) is 14.1. The molecule has 1 amide bonds. The summed E-state index contributed by atoms with van der Waals surface area (Å²) in [6.45, 7) is 11.7. The molecule has 180 valence electrons. The Labute approximate surface area is 203 Å². The van der Waals surface area contributed by atoms with Crippen LogP contribution in [0.25, 0.3) is 22.2 Å². The van der Waals surface area contributed by atoms with Gasteiger partial charge >= 0.3 is 12.2 Å². The third-order valence-electron chi connectivity index (χ3n) is 5.25. The van der Waals surface area contributed by atoms with Crippen molar-refractivity contribution in [3.05, 3.63) is 47.0 Å². The molecule has 8 nitrogen and oxygen atoms in total. The quantitative estimate of drug-likeness (QED) is 0.404. The van der Waals surface area contributed by atoms with E-state index in [4.69, 9.17) is 21.1 Å². The predicted molar refractivity (Wildman–Crippen MR) is 130 cm³/mol. The number of aromatic nitrogens is 3. The van der Waals surface area contributed by atoms with Crippen molar-refractivity contribution in [2.24, 2.45) is 0 Å². The highest BCUT2D eigenvalue weighted by Crippen LogP contribution is 2.35. The summed E-state index contributed by atoms with van der Waals surface area (Å²) in [7, 11) is 0. The van der Waals surface area contributed by atoms with Gasteiger partial charge in [0.2, 0.25) is 5.28 Å². The van der Waals surface area contributed by atoms with E-state index in [0.29, 0.717) is 29.9 Å². The fourth-order valence-electron chi connectivity index (χ4n) is 3.94. The number of fused-ring (bicyclic) bond motifs is 2. The third-order valence-corrected chi connectivity index (χ3v) is 5.42. The third kappa shape index (κ3) is 5.01. The number of para-hydroxylation sites is 1. The Morgan fingerprint density at radius 2 is 1.62 bits per heavy atom. The fraction of sp³-hybridized carbons (Fsp3) is 0.440. The fourth-order valence-corrected chi connectivity index (χ4v) is 4.12. The minimum absolute atomic E-state index is 0.0777. The van der Waals surface area contributed by atoms with Crippen LogP contribution in [-0.4, -0.2) is 49.4 Å². The van der Waals surface area contributed by atoms with Gasteiger partial charge in [0.1, 0.15) is 11.2 Å². The smallest absolute Gasteiger partial charge is 0.419 e. The van der Waals surface area contributed by atoms with Crippen LogP contribution in [0.1, 0.15) is 52.8 Å². The molecule has 1 aromatic carbocycles. The van der Waals surface area contributed by atoms with Gasteiger partial charge in [0.25, 0.3) is 0 Å². The summed E-state index contributed by atoms with van der Waals surface area (Å²) in [4.78, 5) is 36.1.